The zero-order chi connectivity index (χ0) is 15.6. The smallest absolute Gasteiger partial charge is 0.134 e. The molecule has 0 saturated carbocycles. The topological polar surface area (TPSA) is 18.5 Å². The van der Waals surface area contributed by atoms with Gasteiger partial charge in [-0.15, -0.1) is 11.6 Å². The van der Waals surface area contributed by atoms with Gasteiger partial charge in [-0.2, -0.15) is 0 Å². The van der Waals surface area contributed by atoms with Gasteiger partial charge in [-0.1, -0.05) is 6.07 Å². The molecule has 0 amide bonds. The molecule has 0 fully saturated rings. The van der Waals surface area contributed by atoms with E-state index in [0.717, 1.165) is 18.2 Å². The molecule has 0 N–H and O–H groups in total. The number of alkyl halides is 1. The molecule has 0 radical (unpaired) electrons. The Hall–Kier alpha value is -1.88. The van der Waals surface area contributed by atoms with Crippen molar-refractivity contribution in [2.75, 3.05) is 14.2 Å². The van der Waals surface area contributed by atoms with Gasteiger partial charge in [0.25, 0.3) is 0 Å². The molecule has 0 bridgehead atoms. The predicted octanol–water partition coefficient (Wildman–Crippen LogP) is 4.45. The van der Waals surface area contributed by atoms with Crippen LogP contribution in [0.4, 0.5) is 13.2 Å². The van der Waals surface area contributed by atoms with Crippen molar-refractivity contribution in [2.24, 2.45) is 0 Å². The van der Waals surface area contributed by atoms with E-state index in [-0.39, 0.29) is 17.1 Å². The molecule has 6 heteroatoms. The van der Waals surface area contributed by atoms with Gasteiger partial charge in [0.05, 0.1) is 25.2 Å². The first-order chi connectivity index (χ1) is 9.99. The average molecular weight is 317 g/mol. The van der Waals surface area contributed by atoms with Crippen LogP contribution in [0.3, 0.4) is 0 Å². The van der Waals surface area contributed by atoms with Crippen LogP contribution in [0.5, 0.6) is 11.5 Å². The molecule has 112 valence electrons. The summed E-state index contributed by atoms with van der Waals surface area (Å²) < 4.78 is 51.8. The summed E-state index contributed by atoms with van der Waals surface area (Å²) in [6.45, 7) is 0. The highest BCUT2D eigenvalue weighted by atomic mass is 35.5. The van der Waals surface area contributed by atoms with Crippen molar-refractivity contribution in [3.63, 3.8) is 0 Å². The normalized spacial score (nSPS) is 12.1. The molecular formula is C15H12ClF3O2. The standard InChI is InChI=1S/C15H12ClF3O2/c1-20-8-6-10(18)13(11(19)7-8)15(16)14-9(17)4-3-5-12(14)21-2/h3-7,15H,1-2H3. The Bertz CT molecular complexity index is 638. The molecule has 0 aliphatic carbocycles. The van der Waals surface area contributed by atoms with Crippen LogP contribution in [0.15, 0.2) is 30.3 Å². The van der Waals surface area contributed by atoms with Crippen molar-refractivity contribution in [3.8, 4) is 11.5 Å². The average Bonchev–Trinajstić information content (AvgIpc) is 2.45. The Morgan fingerprint density at radius 1 is 0.905 bits per heavy atom. The van der Waals surface area contributed by atoms with E-state index < -0.39 is 28.4 Å². The van der Waals surface area contributed by atoms with E-state index in [0.29, 0.717) is 0 Å². The van der Waals surface area contributed by atoms with Crippen LogP contribution in [-0.4, -0.2) is 14.2 Å². The molecule has 2 nitrogen and oxygen atoms in total. The maximum Gasteiger partial charge on any atom is 0.134 e. The monoisotopic (exact) mass is 316 g/mol. The minimum Gasteiger partial charge on any atom is -0.497 e. The van der Waals surface area contributed by atoms with E-state index in [1.54, 1.807) is 0 Å². The molecule has 21 heavy (non-hydrogen) atoms. The highest BCUT2D eigenvalue weighted by Crippen LogP contribution is 2.39. The third-order valence-corrected chi connectivity index (χ3v) is 3.46. The molecule has 0 aliphatic heterocycles. The van der Waals surface area contributed by atoms with E-state index >= 15 is 0 Å². The van der Waals surface area contributed by atoms with Crippen LogP contribution >= 0.6 is 11.6 Å². The summed E-state index contributed by atoms with van der Waals surface area (Å²) >= 11 is 6.09. The van der Waals surface area contributed by atoms with E-state index in [9.17, 15) is 13.2 Å². The van der Waals surface area contributed by atoms with Crippen molar-refractivity contribution < 1.29 is 22.6 Å². The van der Waals surface area contributed by atoms with Gasteiger partial charge in [-0.05, 0) is 12.1 Å². The highest BCUT2D eigenvalue weighted by Gasteiger charge is 2.26. The van der Waals surface area contributed by atoms with Crippen LogP contribution in [-0.2, 0) is 0 Å². The third-order valence-electron chi connectivity index (χ3n) is 3.03. The number of rotatable bonds is 4. The summed E-state index contributed by atoms with van der Waals surface area (Å²) in [7, 11) is 2.61. The second-order valence-electron chi connectivity index (χ2n) is 4.22. The van der Waals surface area contributed by atoms with Crippen molar-refractivity contribution in [2.45, 2.75) is 5.38 Å². The molecule has 0 spiro atoms. The lowest BCUT2D eigenvalue weighted by Crippen LogP contribution is -2.06. The summed E-state index contributed by atoms with van der Waals surface area (Å²) in [5.41, 5.74) is -0.578. The van der Waals surface area contributed by atoms with Crippen LogP contribution in [0.2, 0.25) is 0 Å². The van der Waals surface area contributed by atoms with Gasteiger partial charge in [0.2, 0.25) is 0 Å². The van der Waals surface area contributed by atoms with Crippen LogP contribution < -0.4 is 9.47 Å². The first-order valence-electron chi connectivity index (χ1n) is 5.99. The minimum atomic E-state index is -1.37. The predicted molar refractivity (Wildman–Crippen MR) is 73.6 cm³/mol. The van der Waals surface area contributed by atoms with E-state index in [2.05, 4.69) is 0 Å². The Morgan fingerprint density at radius 3 is 2.05 bits per heavy atom. The Labute approximate surface area is 125 Å². The quantitative estimate of drug-likeness (QED) is 0.776. The lowest BCUT2D eigenvalue weighted by atomic mass is 10.0. The molecule has 2 aromatic rings. The minimum absolute atomic E-state index is 0.0121. The fraction of sp³-hybridized carbons (Fsp3) is 0.200. The van der Waals surface area contributed by atoms with Crippen molar-refractivity contribution in [3.05, 3.63) is 58.9 Å². The maximum absolute atomic E-state index is 14.0. The number of benzene rings is 2. The molecular weight excluding hydrogens is 305 g/mol. The zero-order valence-corrected chi connectivity index (χ0v) is 12.0. The van der Waals surface area contributed by atoms with Gasteiger partial charge in [0.15, 0.2) is 0 Å². The van der Waals surface area contributed by atoms with E-state index in [1.165, 1.54) is 26.4 Å². The fourth-order valence-electron chi connectivity index (χ4n) is 2.01. The number of hydrogen-bond acceptors (Lipinski definition) is 2. The molecule has 0 aromatic heterocycles. The second kappa shape index (κ2) is 6.26. The van der Waals surface area contributed by atoms with E-state index in [1.807, 2.05) is 0 Å². The summed E-state index contributed by atoms with van der Waals surface area (Å²) in [6, 6.07) is 6.00. The SMILES string of the molecule is COc1cc(F)c(C(Cl)c2c(F)cccc2OC)c(F)c1. The Morgan fingerprint density at radius 2 is 1.52 bits per heavy atom. The van der Waals surface area contributed by atoms with Crippen molar-refractivity contribution in [1.29, 1.82) is 0 Å². The Kier molecular flexibility index (Phi) is 4.63. The first-order valence-corrected chi connectivity index (χ1v) is 6.42. The summed E-state index contributed by atoms with van der Waals surface area (Å²) in [5, 5.41) is -1.37. The Balaban J connectivity index is 2.58. The van der Waals surface area contributed by atoms with Crippen LogP contribution in [0.1, 0.15) is 16.5 Å². The lowest BCUT2D eigenvalue weighted by Gasteiger charge is -2.17. The van der Waals surface area contributed by atoms with Gasteiger partial charge in [0.1, 0.15) is 29.0 Å². The molecule has 0 aliphatic rings. The second-order valence-corrected chi connectivity index (χ2v) is 4.66. The zero-order valence-electron chi connectivity index (χ0n) is 11.3. The summed E-state index contributed by atoms with van der Waals surface area (Å²) in [4.78, 5) is 0. The maximum atomic E-state index is 14.0. The van der Waals surface area contributed by atoms with Gasteiger partial charge >= 0.3 is 0 Å². The van der Waals surface area contributed by atoms with Crippen molar-refractivity contribution in [1.82, 2.24) is 0 Å². The number of ether oxygens (including phenoxy) is 2. The summed E-state index contributed by atoms with van der Waals surface area (Å²) in [5.74, 6) is -2.42. The van der Waals surface area contributed by atoms with Gasteiger partial charge in [-0.25, -0.2) is 13.2 Å². The third kappa shape index (κ3) is 2.93. The largest absolute Gasteiger partial charge is 0.497 e. The number of methoxy groups -OCH3 is 2. The van der Waals surface area contributed by atoms with Gasteiger partial charge in [-0.3, -0.25) is 0 Å². The van der Waals surface area contributed by atoms with Gasteiger partial charge in [0, 0.05) is 17.7 Å². The molecule has 1 unspecified atom stereocenters. The van der Waals surface area contributed by atoms with Gasteiger partial charge < -0.3 is 9.47 Å². The van der Waals surface area contributed by atoms with Crippen molar-refractivity contribution >= 4 is 11.6 Å². The fourth-order valence-corrected chi connectivity index (χ4v) is 2.43. The molecule has 0 saturated heterocycles. The van der Waals surface area contributed by atoms with Crippen LogP contribution in [0.25, 0.3) is 0 Å². The van der Waals surface area contributed by atoms with E-state index in [4.69, 9.17) is 21.1 Å². The molecule has 2 aromatic carbocycles. The molecule has 1 atom stereocenters. The number of hydrogen-bond donors (Lipinski definition) is 0. The highest BCUT2D eigenvalue weighted by molar-refractivity contribution is 6.22. The molecule has 0 heterocycles. The van der Waals surface area contributed by atoms with Crippen LogP contribution in [0, 0.1) is 17.5 Å². The summed E-state index contributed by atoms with van der Waals surface area (Å²) in [6.07, 6.45) is 0. The number of halogens is 4. The first kappa shape index (κ1) is 15.5. The molecule has 2 rings (SSSR count). The lowest BCUT2D eigenvalue weighted by molar-refractivity contribution is 0.401.